The van der Waals surface area contributed by atoms with Crippen LogP contribution in [-0.2, 0) is 22.6 Å². The van der Waals surface area contributed by atoms with Gasteiger partial charge in [0.05, 0.1) is 16.8 Å². The van der Waals surface area contributed by atoms with Gasteiger partial charge in [0.15, 0.2) is 11.6 Å². The van der Waals surface area contributed by atoms with E-state index in [-0.39, 0.29) is 24.7 Å². The molecule has 1 aliphatic rings. The van der Waals surface area contributed by atoms with E-state index < -0.39 is 23.1 Å². The lowest BCUT2D eigenvalue weighted by Gasteiger charge is -2.21. The molecule has 4 rings (SSSR count). The molecule has 1 aromatic heterocycles. The second-order valence-electron chi connectivity index (χ2n) is 8.76. The molecule has 1 aliphatic carbocycles. The van der Waals surface area contributed by atoms with Crippen molar-refractivity contribution in [3.05, 3.63) is 71.2 Å². The summed E-state index contributed by atoms with van der Waals surface area (Å²) in [6.45, 7) is 2.08. The van der Waals surface area contributed by atoms with Crippen molar-refractivity contribution in [1.82, 2.24) is 15.4 Å². The van der Waals surface area contributed by atoms with Crippen molar-refractivity contribution in [3.63, 3.8) is 0 Å². The fourth-order valence-corrected chi connectivity index (χ4v) is 4.48. The first-order chi connectivity index (χ1) is 15.7. The Labute approximate surface area is 191 Å². The molecule has 2 atom stereocenters. The van der Waals surface area contributed by atoms with Crippen molar-refractivity contribution >= 4 is 22.7 Å². The maximum absolute atomic E-state index is 14.9. The molecule has 0 radical (unpaired) electrons. The van der Waals surface area contributed by atoms with Crippen LogP contribution in [0.25, 0.3) is 10.9 Å². The molecule has 33 heavy (non-hydrogen) atoms. The van der Waals surface area contributed by atoms with Gasteiger partial charge in [0, 0.05) is 30.7 Å². The lowest BCUT2D eigenvalue weighted by molar-refractivity contribution is -0.139. The fourth-order valence-electron chi connectivity index (χ4n) is 4.48. The Hall–Kier alpha value is -3.52. The molecular weight excluding hydrogens is 425 g/mol. The SMILES string of the molecule is Cc1cc(COc2ccc(C[C@@]3(C(=O)N(C)C)C[C@H]3C(=O)NO)cc2F)c2ccccc2n1. The number of halogens is 1. The number of nitrogens with one attached hydrogen (secondary N) is 1. The predicted molar refractivity (Wildman–Crippen MR) is 120 cm³/mol. The lowest BCUT2D eigenvalue weighted by atomic mass is 9.92. The third-order valence-electron chi connectivity index (χ3n) is 6.16. The van der Waals surface area contributed by atoms with Crippen molar-refractivity contribution in [2.45, 2.75) is 26.4 Å². The van der Waals surface area contributed by atoms with Gasteiger partial charge in [0.1, 0.15) is 6.61 Å². The normalized spacial score (nSPS) is 19.2. The molecule has 172 valence electrons. The highest BCUT2D eigenvalue weighted by molar-refractivity contribution is 5.95. The highest BCUT2D eigenvalue weighted by atomic mass is 19.1. The van der Waals surface area contributed by atoms with Crippen LogP contribution >= 0.6 is 0 Å². The van der Waals surface area contributed by atoms with Crippen LogP contribution in [0.2, 0.25) is 0 Å². The number of benzene rings is 2. The molecule has 0 aliphatic heterocycles. The number of amides is 2. The van der Waals surface area contributed by atoms with Gasteiger partial charge in [-0.05, 0) is 49.6 Å². The molecular formula is C25H26FN3O4. The maximum Gasteiger partial charge on any atom is 0.247 e. The number of nitrogens with zero attached hydrogens (tertiary/aromatic N) is 2. The number of carbonyl (C=O) groups is 2. The molecule has 2 N–H and O–H groups in total. The molecule has 0 unspecified atom stereocenters. The summed E-state index contributed by atoms with van der Waals surface area (Å²) >= 11 is 0. The first-order valence-corrected chi connectivity index (χ1v) is 10.7. The summed E-state index contributed by atoms with van der Waals surface area (Å²) < 4.78 is 20.6. The van der Waals surface area contributed by atoms with Crippen molar-refractivity contribution in [3.8, 4) is 5.75 Å². The maximum atomic E-state index is 14.9. The summed E-state index contributed by atoms with van der Waals surface area (Å²) in [6, 6.07) is 14.2. The van der Waals surface area contributed by atoms with Gasteiger partial charge < -0.3 is 9.64 Å². The average Bonchev–Trinajstić information content (AvgIpc) is 3.52. The minimum atomic E-state index is -0.987. The molecule has 8 heteroatoms. The van der Waals surface area contributed by atoms with E-state index in [4.69, 9.17) is 9.94 Å². The first-order valence-electron chi connectivity index (χ1n) is 10.7. The molecule has 3 aromatic rings. The standard InChI is InChI=1S/C25H26FN3O4/c1-15-10-17(18-6-4-5-7-21(18)27-15)14-33-22-9-8-16(11-20(22)26)12-25(24(31)29(2)3)13-19(25)23(30)28-32/h4-11,19,32H,12-14H2,1-3H3,(H,28,30)/t19-,25+/m0/s1. The summed E-state index contributed by atoms with van der Waals surface area (Å²) in [7, 11) is 3.22. The Bertz CT molecular complexity index is 1230. The summed E-state index contributed by atoms with van der Waals surface area (Å²) in [5.74, 6) is -1.92. The first kappa shape index (κ1) is 22.7. The van der Waals surface area contributed by atoms with Gasteiger partial charge in [-0.15, -0.1) is 0 Å². The molecule has 7 nitrogen and oxygen atoms in total. The van der Waals surface area contributed by atoms with E-state index in [9.17, 15) is 14.0 Å². The second-order valence-corrected chi connectivity index (χ2v) is 8.76. The summed E-state index contributed by atoms with van der Waals surface area (Å²) in [5.41, 5.74) is 3.83. The summed E-state index contributed by atoms with van der Waals surface area (Å²) in [6.07, 6.45) is 0.484. The van der Waals surface area contributed by atoms with E-state index in [2.05, 4.69) is 4.98 Å². The van der Waals surface area contributed by atoms with E-state index in [1.54, 1.807) is 25.6 Å². The average molecular weight is 451 g/mol. The number of hydrogen-bond donors (Lipinski definition) is 2. The zero-order valence-corrected chi connectivity index (χ0v) is 18.8. The van der Waals surface area contributed by atoms with Crippen LogP contribution in [0.4, 0.5) is 4.39 Å². The third-order valence-corrected chi connectivity index (χ3v) is 6.16. The number of aryl methyl sites for hydroxylation is 1. The van der Waals surface area contributed by atoms with Gasteiger partial charge >= 0.3 is 0 Å². The van der Waals surface area contributed by atoms with Crippen LogP contribution < -0.4 is 10.2 Å². The number of fused-ring (bicyclic) bond motifs is 1. The number of para-hydroxylation sites is 1. The van der Waals surface area contributed by atoms with Crippen LogP contribution in [0.15, 0.2) is 48.5 Å². The summed E-state index contributed by atoms with van der Waals surface area (Å²) in [4.78, 5) is 30.6. The third kappa shape index (κ3) is 4.39. The molecule has 1 fully saturated rings. The smallest absolute Gasteiger partial charge is 0.247 e. The number of carbonyl (C=O) groups excluding carboxylic acids is 2. The second kappa shape index (κ2) is 8.78. The predicted octanol–water partition coefficient (Wildman–Crippen LogP) is 3.40. The van der Waals surface area contributed by atoms with Crippen LogP contribution in [-0.4, -0.2) is 41.0 Å². The molecule has 2 aromatic carbocycles. The van der Waals surface area contributed by atoms with Crippen LogP contribution in [0.5, 0.6) is 5.75 Å². The monoisotopic (exact) mass is 451 g/mol. The van der Waals surface area contributed by atoms with E-state index >= 15 is 0 Å². The molecule has 2 amide bonds. The number of aromatic nitrogens is 1. The number of pyridine rings is 1. The fraction of sp³-hybridized carbons (Fsp3) is 0.320. The van der Waals surface area contributed by atoms with Gasteiger partial charge in [0.25, 0.3) is 0 Å². The Morgan fingerprint density at radius 3 is 2.70 bits per heavy atom. The van der Waals surface area contributed by atoms with Crippen molar-refractivity contribution in [1.29, 1.82) is 0 Å². The van der Waals surface area contributed by atoms with E-state index in [0.29, 0.717) is 12.0 Å². The number of hydrogen-bond acceptors (Lipinski definition) is 5. The number of rotatable bonds is 7. The Kier molecular flexibility index (Phi) is 6.03. The minimum absolute atomic E-state index is 0.103. The van der Waals surface area contributed by atoms with Crippen molar-refractivity contribution < 1.29 is 23.9 Å². The van der Waals surface area contributed by atoms with Crippen molar-refractivity contribution in [2.75, 3.05) is 14.1 Å². The Morgan fingerprint density at radius 1 is 1.24 bits per heavy atom. The van der Waals surface area contributed by atoms with Crippen molar-refractivity contribution in [2.24, 2.45) is 11.3 Å². The topological polar surface area (TPSA) is 91.8 Å². The Balaban J connectivity index is 1.52. The van der Waals surface area contributed by atoms with E-state index in [1.165, 1.54) is 17.0 Å². The van der Waals surface area contributed by atoms with E-state index in [0.717, 1.165) is 22.2 Å². The molecule has 0 bridgehead atoms. The van der Waals surface area contributed by atoms with Gasteiger partial charge in [-0.2, -0.15) is 0 Å². The van der Waals surface area contributed by atoms with Gasteiger partial charge in [-0.3, -0.25) is 19.8 Å². The largest absolute Gasteiger partial charge is 0.486 e. The molecule has 0 spiro atoms. The molecule has 0 saturated heterocycles. The van der Waals surface area contributed by atoms with Gasteiger partial charge in [0.2, 0.25) is 11.8 Å². The molecule has 1 heterocycles. The van der Waals surface area contributed by atoms with Crippen LogP contribution in [0.1, 0.15) is 23.2 Å². The lowest BCUT2D eigenvalue weighted by Crippen LogP contribution is -2.36. The Morgan fingerprint density at radius 2 is 2.00 bits per heavy atom. The quantitative estimate of drug-likeness (QED) is 0.424. The van der Waals surface area contributed by atoms with Gasteiger partial charge in [-0.25, -0.2) is 9.87 Å². The molecule has 1 saturated carbocycles. The highest BCUT2D eigenvalue weighted by Gasteiger charge is 2.63. The van der Waals surface area contributed by atoms with Crippen LogP contribution in [0, 0.1) is 24.1 Å². The zero-order valence-electron chi connectivity index (χ0n) is 18.8. The number of ether oxygens (including phenoxy) is 1. The van der Waals surface area contributed by atoms with Gasteiger partial charge in [-0.1, -0.05) is 24.3 Å². The zero-order chi connectivity index (χ0) is 23.8. The summed E-state index contributed by atoms with van der Waals surface area (Å²) in [5, 5.41) is 9.93. The minimum Gasteiger partial charge on any atom is -0.486 e. The van der Waals surface area contributed by atoms with Crippen LogP contribution in [0.3, 0.4) is 0 Å². The highest BCUT2D eigenvalue weighted by Crippen LogP contribution is 2.56. The van der Waals surface area contributed by atoms with E-state index in [1.807, 2.05) is 37.3 Å². The number of hydroxylamine groups is 1.